The van der Waals surface area contributed by atoms with Crippen LogP contribution in [0.3, 0.4) is 0 Å². The fourth-order valence-electron chi connectivity index (χ4n) is 2.87. The third-order valence-electron chi connectivity index (χ3n) is 4.73. The summed E-state index contributed by atoms with van der Waals surface area (Å²) < 4.78 is 10.8. The number of nitrogens with one attached hydrogen (secondary N) is 1. The number of anilines is 1. The van der Waals surface area contributed by atoms with E-state index in [1.165, 1.54) is 5.56 Å². The second-order valence-corrected chi connectivity index (χ2v) is 8.38. The molecule has 0 fully saturated rings. The van der Waals surface area contributed by atoms with Crippen molar-refractivity contribution < 1.29 is 19.1 Å². The maximum Gasteiger partial charge on any atom is 0.349 e. The molecule has 3 aromatic rings. The first-order chi connectivity index (χ1) is 14.7. The fourth-order valence-corrected chi connectivity index (χ4v) is 2.87. The van der Waals surface area contributed by atoms with Crippen LogP contribution in [-0.4, -0.2) is 18.5 Å². The number of esters is 1. The minimum atomic E-state index is -0.517. The van der Waals surface area contributed by atoms with Gasteiger partial charge in [0.1, 0.15) is 11.5 Å². The van der Waals surface area contributed by atoms with Gasteiger partial charge in [-0.15, -0.1) is 0 Å². The van der Waals surface area contributed by atoms with Crippen LogP contribution in [0, 0.1) is 6.92 Å². The summed E-state index contributed by atoms with van der Waals surface area (Å²) in [5, 5.41) is 2.83. The molecule has 3 aromatic carbocycles. The lowest BCUT2D eigenvalue weighted by Crippen LogP contribution is -2.18. The average Bonchev–Trinajstić information content (AvgIpc) is 2.74. The van der Waals surface area contributed by atoms with Crippen LogP contribution in [0.2, 0.25) is 0 Å². The average molecular weight is 418 g/mol. The van der Waals surface area contributed by atoms with Gasteiger partial charge in [-0.05, 0) is 66.4 Å². The summed E-state index contributed by atoms with van der Waals surface area (Å²) in [6.45, 7) is 8.19. The summed E-state index contributed by atoms with van der Waals surface area (Å²) in [5.41, 5.74) is 3.55. The first kappa shape index (κ1) is 22.1. The van der Waals surface area contributed by atoms with Crippen molar-refractivity contribution in [3.8, 4) is 11.5 Å². The normalized spacial score (nSPS) is 11.0. The zero-order valence-corrected chi connectivity index (χ0v) is 18.3. The van der Waals surface area contributed by atoms with Gasteiger partial charge in [0.05, 0.1) is 0 Å². The first-order valence-corrected chi connectivity index (χ1v) is 10.1. The summed E-state index contributed by atoms with van der Waals surface area (Å²) in [7, 11) is 0. The van der Waals surface area contributed by atoms with E-state index in [0.717, 1.165) is 11.3 Å². The number of carbonyl (C=O) groups excluding carboxylic acids is 2. The molecule has 0 atom stereocenters. The molecule has 0 aromatic heterocycles. The molecular weight excluding hydrogens is 390 g/mol. The van der Waals surface area contributed by atoms with E-state index < -0.39 is 5.97 Å². The van der Waals surface area contributed by atoms with Crippen LogP contribution in [0.15, 0.2) is 72.8 Å². The van der Waals surface area contributed by atoms with Crippen LogP contribution >= 0.6 is 0 Å². The van der Waals surface area contributed by atoms with Crippen molar-refractivity contribution in [1.29, 1.82) is 0 Å². The van der Waals surface area contributed by atoms with Crippen molar-refractivity contribution in [1.82, 2.24) is 0 Å². The van der Waals surface area contributed by atoms with E-state index in [1.807, 2.05) is 55.5 Å². The summed E-state index contributed by atoms with van der Waals surface area (Å²) in [6, 6.07) is 21.6. The molecule has 5 nitrogen and oxygen atoms in total. The van der Waals surface area contributed by atoms with Gasteiger partial charge in [0.15, 0.2) is 6.61 Å². The van der Waals surface area contributed by atoms with Gasteiger partial charge in [-0.1, -0.05) is 50.6 Å². The Morgan fingerprint density at radius 1 is 0.806 bits per heavy atom. The Kier molecular flexibility index (Phi) is 6.75. The second-order valence-electron chi connectivity index (χ2n) is 8.38. The van der Waals surface area contributed by atoms with Crippen molar-refractivity contribution in [2.24, 2.45) is 0 Å². The monoisotopic (exact) mass is 417 g/mol. The lowest BCUT2D eigenvalue weighted by atomic mass is 9.87. The van der Waals surface area contributed by atoms with Crippen molar-refractivity contribution in [3.63, 3.8) is 0 Å². The summed E-state index contributed by atoms with van der Waals surface area (Å²) in [6.07, 6.45) is 0. The Balaban J connectivity index is 1.50. The number of rotatable bonds is 6. The Morgan fingerprint density at radius 2 is 1.39 bits per heavy atom. The topological polar surface area (TPSA) is 64.6 Å². The van der Waals surface area contributed by atoms with Crippen LogP contribution in [0.25, 0.3) is 0 Å². The molecule has 0 spiro atoms. The summed E-state index contributed by atoms with van der Waals surface area (Å²) in [4.78, 5) is 24.4. The molecule has 0 aliphatic rings. The van der Waals surface area contributed by atoms with Gasteiger partial charge in [0.2, 0.25) is 0 Å². The molecule has 0 heterocycles. The summed E-state index contributed by atoms with van der Waals surface area (Å²) >= 11 is 0. The number of benzene rings is 3. The highest BCUT2D eigenvalue weighted by Crippen LogP contribution is 2.24. The molecule has 5 heteroatoms. The molecule has 0 aliphatic heterocycles. The van der Waals surface area contributed by atoms with E-state index in [9.17, 15) is 9.59 Å². The smallest absolute Gasteiger partial charge is 0.349 e. The summed E-state index contributed by atoms with van der Waals surface area (Å²) in [5.74, 6) is 0.206. The van der Waals surface area contributed by atoms with E-state index in [4.69, 9.17) is 9.47 Å². The number of aryl methyl sites for hydroxylation is 1. The molecule has 0 radical (unpaired) electrons. The quantitative estimate of drug-likeness (QED) is 0.423. The molecule has 0 saturated heterocycles. The molecule has 1 amide bonds. The fraction of sp³-hybridized carbons (Fsp3) is 0.231. The van der Waals surface area contributed by atoms with Crippen LogP contribution < -0.4 is 14.8 Å². The number of hydrogen-bond acceptors (Lipinski definition) is 4. The number of amides is 1. The number of carbonyl (C=O) groups is 2. The molecular formula is C26H27NO4. The number of hydrogen-bond donors (Lipinski definition) is 1. The van der Waals surface area contributed by atoms with Crippen molar-refractivity contribution in [3.05, 3.63) is 89.5 Å². The molecule has 0 saturated carbocycles. The van der Waals surface area contributed by atoms with E-state index in [1.54, 1.807) is 24.3 Å². The highest BCUT2D eigenvalue weighted by Gasteiger charge is 2.14. The lowest BCUT2D eigenvalue weighted by molar-refractivity contribution is -0.136. The predicted molar refractivity (Wildman–Crippen MR) is 122 cm³/mol. The van der Waals surface area contributed by atoms with E-state index >= 15 is 0 Å². The molecule has 0 aliphatic carbocycles. The van der Waals surface area contributed by atoms with E-state index in [-0.39, 0.29) is 17.9 Å². The molecule has 0 bridgehead atoms. The van der Waals surface area contributed by atoms with Crippen LogP contribution in [0.1, 0.15) is 42.3 Å². The maximum absolute atomic E-state index is 12.3. The highest BCUT2D eigenvalue weighted by molar-refractivity contribution is 6.04. The van der Waals surface area contributed by atoms with Gasteiger partial charge in [0.25, 0.3) is 5.91 Å². The van der Waals surface area contributed by atoms with Crippen LogP contribution in [0.4, 0.5) is 5.69 Å². The molecule has 0 unspecified atom stereocenters. The standard InChI is InChI=1S/C26H27NO4/c1-18-5-11-21(12-6-18)27-25(29)19-7-13-23(14-8-19)31-24(28)17-30-22-15-9-20(10-16-22)26(2,3)4/h5-16H,17H2,1-4H3,(H,27,29). The molecule has 1 N–H and O–H groups in total. The minimum Gasteiger partial charge on any atom is -0.482 e. The molecule has 160 valence electrons. The van der Waals surface area contributed by atoms with Gasteiger partial charge in [-0.3, -0.25) is 4.79 Å². The second kappa shape index (κ2) is 9.47. The third-order valence-corrected chi connectivity index (χ3v) is 4.73. The largest absolute Gasteiger partial charge is 0.482 e. The van der Waals surface area contributed by atoms with Gasteiger partial charge in [-0.25, -0.2) is 4.79 Å². The zero-order valence-electron chi connectivity index (χ0n) is 18.3. The van der Waals surface area contributed by atoms with Gasteiger partial charge in [0, 0.05) is 11.3 Å². The molecule has 31 heavy (non-hydrogen) atoms. The van der Waals surface area contributed by atoms with Crippen LogP contribution in [0.5, 0.6) is 11.5 Å². The maximum atomic E-state index is 12.3. The van der Waals surface area contributed by atoms with Crippen molar-refractivity contribution >= 4 is 17.6 Å². The Labute approximate surface area is 183 Å². The van der Waals surface area contributed by atoms with Gasteiger partial charge < -0.3 is 14.8 Å². The first-order valence-electron chi connectivity index (χ1n) is 10.1. The Morgan fingerprint density at radius 3 is 1.97 bits per heavy atom. The number of ether oxygens (including phenoxy) is 2. The SMILES string of the molecule is Cc1ccc(NC(=O)c2ccc(OC(=O)COc3ccc(C(C)(C)C)cc3)cc2)cc1. The van der Waals surface area contributed by atoms with Gasteiger partial charge in [-0.2, -0.15) is 0 Å². The third kappa shape index (κ3) is 6.44. The lowest BCUT2D eigenvalue weighted by Gasteiger charge is -2.19. The highest BCUT2D eigenvalue weighted by atomic mass is 16.6. The van der Waals surface area contributed by atoms with E-state index in [2.05, 4.69) is 26.1 Å². The van der Waals surface area contributed by atoms with Crippen molar-refractivity contribution in [2.75, 3.05) is 11.9 Å². The van der Waals surface area contributed by atoms with Crippen LogP contribution in [-0.2, 0) is 10.2 Å². The minimum absolute atomic E-state index is 0.0562. The van der Waals surface area contributed by atoms with Crippen molar-refractivity contribution in [2.45, 2.75) is 33.1 Å². The molecule has 3 rings (SSSR count). The Hall–Kier alpha value is -3.60. The predicted octanol–water partition coefficient (Wildman–Crippen LogP) is 5.53. The zero-order chi connectivity index (χ0) is 22.4. The van der Waals surface area contributed by atoms with Gasteiger partial charge >= 0.3 is 5.97 Å². The van der Waals surface area contributed by atoms with E-state index in [0.29, 0.717) is 17.1 Å². The Bertz CT molecular complexity index is 1030.